The van der Waals surface area contributed by atoms with Crippen molar-refractivity contribution in [3.63, 3.8) is 0 Å². The van der Waals surface area contributed by atoms with Crippen LogP contribution in [0.4, 0.5) is 0 Å². The molecule has 3 rings (SSSR count). The number of aromatic amines is 2. The third-order valence-electron chi connectivity index (χ3n) is 3.25. The zero-order valence-corrected chi connectivity index (χ0v) is 11.1. The van der Waals surface area contributed by atoms with Gasteiger partial charge in [-0.25, -0.2) is 4.98 Å². The lowest BCUT2D eigenvalue weighted by Crippen LogP contribution is -2.20. The van der Waals surface area contributed by atoms with E-state index in [2.05, 4.69) is 27.2 Å². The molecule has 0 aliphatic carbocycles. The Hall–Kier alpha value is -1.62. The van der Waals surface area contributed by atoms with E-state index < -0.39 is 0 Å². The number of hydrogen-bond donors (Lipinski definition) is 3. The van der Waals surface area contributed by atoms with Crippen LogP contribution in [0.25, 0.3) is 11.0 Å². The first-order chi connectivity index (χ1) is 8.75. The Kier molecular flexibility index (Phi) is 3.81. The lowest BCUT2D eigenvalue weighted by molar-refractivity contribution is 0.587. The van der Waals surface area contributed by atoms with Crippen LogP contribution in [0.5, 0.6) is 0 Å². The van der Waals surface area contributed by atoms with Crippen molar-refractivity contribution in [1.82, 2.24) is 20.3 Å². The van der Waals surface area contributed by atoms with Gasteiger partial charge in [-0.1, -0.05) is 13.8 Å². The number of fused-ring (bicyclic) bond motifs is 1. The number of aromatic nitrogens is 3. The van der Waals surface area contributed by atoms with Crippen molar-refractivity contribution in [1.29, 1.82) is 0 Å². The van der Waals surface area contributed by atoms with Crippen LogP contribution in [0.3, 0.4) is 0 Å². The summed E-state index contributed by atoms with van der Waals surface area (Å²) < 4.78 is 0. The minimum Gasteiger partial charge on any atom is -0.355 e. The summed E-state index contributed by atoms with van der Waals surface area (Å²) in [6.45, 7) is 6.18. The van der Waals surface area contributed by atoms with Gasteiger partial charge in [0.15, 0.2) is 0 Å². The van der Waals surface area contributed by atoms with Crippen LogP contribution in [-0.2, 0) is 0 Å². The highest BCUT2D eigenvalue weighted by atomic mass is 16.1. The zero-order chi connectivity index (χ0) is 13.1. The minimum atomic E-state index is -0.109. The van der Waals surface area contributed by atoms with Crippen LogP contribution in [0.2, 0.25) is 0 Å². The Morgan fingerprint density at radius 2 is 2.06 bits per heavy atom. The summed E-state index contributed by atoms with van der Waals surface area (Å²) >= 11 is 0. The van der Waals surface area contributed by atoms with E-state index >= 15 is 0 Å². The first-order valence-electron chi connectivity index (χ1n) is 6.56. The van der Waals surface area contributed by atoms with Crippen LogP contribution in [-0.4, -0.2) is 21.0 Å². The molecular weight excluding hydrogens is 228 g/mol. The van der Waals surface area contributed by atoms with E-state index in [-0.39, 0.29) is 5.56 Å². The fraction of sp³-hybridized carbons (Fsp3) is 0.538. The van der Waals surface area contributed by atoms with Gasteiger partial charge in [-0.2, -0.15) is 0 Å². The number of hydrogen-bond acceptors (Lipinski definition) is 3. The summed E-state index contributed by atoms with van der Waals surface area (Å²) in [4.78, 5) is 21.3. The Balaban J connectivity index is 0.000000574. The van der Waals surface area contributed by atoms with Crippen molar-refractivity contribution < 1.29 is 0 Å². The van der Waals surface area contributed by atoms with Gasteiger partial charge in [-0.05, 0) is 19.8 Å². The first-order valence-corrected chi connectivity index (χ1v) is 6.56. The monoisotopic (exact) mass is 248 g/mol. The molecule has 2 unspecified atom stereocenters. The molecule has 1 fully saturated rings. The van der Waals surface area contributed by atoms with Crippen molar-refractivity contribution in [2.75, 3.05) is 0 Å². The second-order valence-electron chi connectivity index (χ2n) is 4.40. The molecule has 2 aromatic rings. The summed E-state index contributed by atoms with van der Waals surface area (Å²) in [5.74, 6) is 0. The molecule has 2 aromatic heterocycles. The van der Waals surface area contributed by atoms with E-state index in [4.69, 9.17) is 0 Å². The Labute approximate surface area is 106 Å². The van der Waals surface area contributed by atoms with Crippen molar-refractivity contribution in [2.45, 2.75) is 45.7 Å². The Morgan fingerprint density at radius 1 is 1.28 bits per heavy atom. The molecule has 0 aromatic carbocycles. The smallest absolute Gasteiger partial charge is 0.275 e. The van der Waals surface area contributed by atoms with Crippen LogP contribution >= 0.6 is 0 Å². The van der Waals surface area contributed by atoms with Crippen molar-refractivity contribution in [3.05, 3.63) is 28.4 Å². The molecule has 18 heavy (non-hydrogen) atoms. The van der Waals surface area contributed by atoms with Crippen LogP contribution in [0.15, 0.2) is 17.3 Å². The third kappa shape index (κ3) is 2.18. The highest BCUT2D eigenvalue weighted by molar-refractivity contribution is 5.78. The predicted molar refractivity (Wildman–Crippen MR) is 72.6 cm³/mol. The largest absolute Gasteiger partial charge is 0.355 e. The molecular formula is C13H20N4O. The van der Waals surface area contributed by atoms with E-state index in [9.17, 15) is 4.79 Å². The lowest BCUT2D eigenvalue weighted by Gasteiger charge is -2.09. The Bertz CT molecular complexity index is 572. The van der Waals surface area contributed by atoms with Gasteiger partial charge in [0.2, 0.25) is 0 Å². The topological polar surface area (TPSA) is 73.6 Å². The van der Waals surface area contributed by atoms with Crippen molar-refractivity contribution in [2.24, 2.45) is 0 Å². The number of rotatable bonds is 1. The molecule has 1 aliphatic heterocycles. The van der Waals surface area contributed by atoms with Crippen molar-refractivity contribution >= 4 is 11.0 Å². The molecule has 3 N–H and O–H groups in total. The average molecular weight is 248 g/mol. The summed E-state index contributed by atoms with van der Waals surface area (Å²) in [6.07, 6.45) is 5.62. The predicted octanol–water partition coefficient (Wildman–Crippen LogP) is 2.09. The molecule has 0 radical (unpaired) electrons. The number of nitrogens with zero attached hydrogens (tertiary/aromatic N) is 1. The molecule has 5 nitrogen and oxygen atoms in total. The second kappa shape index (κ2) is 5.35. The number of H-pyrrole nitrogens is 2. The van der Waals surface area contributed by atoms with E-state index in [0.29, 0.717) is 17.6 Å². The normalized spacial score (nSPS) is 22.8. The fourth-order valence-electron chi connectivity index (χ4n) is 2.41. The standard InChI is InChI=1S/C11H14N4O.C2H6/c1-6-2-3-8(15-6)7-4-12-10-9(7)13-5-14-11(10)16;1-2/h4-6,8,12,15H,2-3H2,1H3,(H,13,14,16);1-2H3. The maximum absolute atomic E-state index is 11.5. The molecule has 3 heterocycles. The van der Waals surface area contributed by atoms with E-state index in [1.807, 2.05) is 20.0 Å². The van der Waals surface area contributed by atoms with Gasteiger partial charge in [0.25, 0.3) is 5.56 Å². The van der Waals surface area contributed by atoms with Gasteiger partial charge in [-0.15, -0.1) is 0 Å². The van der Waals surface area contributed by atoms with Gasteiger partial charge < -0.3 is 15.3 Å². The maximum Gasteiger partial charge on any atom is 0.275 e. The third-order valence-corrected chi connectivity index (χ3v) is 3.25. The molecule has 0 spiro atoms. The first kappa shape index (κ1) is 12.8. The summed E-state index contributed by atoms with van der Waals surface area (Å²) in [7, 11) is 0. The van der Waals surface area contributed by atoms with Crippen LogP contribution < -0.4 is 10.9 Å². The number of nitrogens with one attached hydrogen (secondary N) is 3. The highest BCUT2D eigenvalue weighted by Gasteiger charge is 2.24. The summed E-state index contributed by atoms with van der Waals surface area (Å²) in [5.41, 5.74) is 2.35. The van der Waals surface area contributed by atoms with Gasteiger partial charge in [-0.3, -0.25) is 4.79 Å². The molecule has 5 heteroatoms. The minimum absolute atomic E-state index is 0.109. The molecule has 2 atom stereocenters. The summed E-state index contributed by atoms with van der Waals surface area (Å²) in [5, 5.41) is 3.50. The fourth-order valence-corrected chi connectivity index (χ4v) is 2.41. The zero-order valence-electron chi connectivity index (χ0n) is 11.1. The van der Waals surface area contributed by atoms with Crippen LogP contribution in [0.1, 0.15) is 45.2 Å². The van der Waals surface area contributed by atoms with Crippen molar-refractivity contribution in [3.8, 4) is 0 Å². The van der Waals surface area contributed by atoms with Gasteiger partial charge in [0.05, 0.1) is 6.33 Å². The second-order valence-corrected chi connectivity index (χ2v) is 4.40. The SMILES string of the molecule is CC.CC1CCC(c2c[nH]c3c(=O)[nH]cnc23)N1. The van der Waals surface area contributed by atoms with Gasteiger partial charge in [0, 0.05) is 23.8 Å². The van der Waals surface area contributed by atoms with E-state index in [0.717, 1.165) is 17.5 Å². The summed E-state index contributed by atoms with van der Waals surface area (Å²) in [6, 6.07) is 0.856. The van der Waals surface area contributed by atoms with Crippen LogP contribution in [0, 0.1) is 0 Å². The van der Waals surface area contributed by atoms with Gasteiger partial charge in [0.1, 0.15) is 11.0 Å². The molecule has 1 saturated heterocycles. The quantitative estimate of drug-likeness (QED) is 0.723. The lowest BCUT2D eigenvalue weighted by atomic mass is 10.1. The van der Waals surface area contributed by atoms with Gasteiger partial charge >= 0.3 is 0 Å². The Morgan fingerprint density at radius 3 is 2.72 bits per heavy atom. The maximum atomic E-state index is 11.5. The van der Waals surface area contributed by atoms with E-state index in [1.165, 1.54) is 12.7 Å². The highest BCUT2D eigenvalue weighted by Crippen LogP contribution is 2.29. The molecule has 0 amide bonds. The molecule has 98 valence electrons. The molecule has 0 bridgehead atoms. The molecule has 0 saturated carbocycles. The van der Waals surface area contributed by atoms with E-state index in [1.54, 1.807) is 0 Å². The molecule has 1 aliphatic rings. The average Bonchev–Trinajstić information content (AvgIpc) is 2.98.